The van der Waals surface area contributed by atoms with E-state index in [0.717, 1.165) is 34.2 Å². The molecule has 1 amide bonds. The number of amides is 1. The number of rotatable bonds is 8. The Balaban J connectivity index is 1.33. The number of carbonyl (C=O) groups excluding carboxylic acids is 1. The summed E-state index contributed by atoms with van der Waals surface area (Å²) in [6.07, 6.45) is 8.19. The maximum absolute atomic E-state index is 13.5. The highest BCUT2D eigenvalue weighted by atomic mass is 32.1. The minimum atomic E-state index is -0.652. The minimum absolute atomic E-state index is 0.114. The van der Waals surface area contributed by atoms with Crippen molar-refractivity contribution in [2.45, 2.75) is 32.6 Å². The maximum Gasteiger partial charge on any atom is 0.334 e. The van der Waals surface area contributed by atoms with Crippen LogP contribution in [0.15, 0.2) is 69.8 Å². The van der Waals surface area contributed by atoms with Crippen molar-refractivity contribution in [2.75, 3.05) is 17.2 Å². The van der Waals surface area contributed by atoms with E-state index in [4.69, 9.17) is 5.26 Å². The van der Waals surface area contributed by atoms with Crippen LogP contribution in [0.1, 0.15) is 57.5 Å². The Morgan fingerprint density at radius 3 is 2.62 bits per heavy atom. The Morgan fingerprint density at radius 2 is 1.84 bits per heavy atom. The smallest absolute Gasteiger partial charge is 0.334 e. The summed E-state index contributed by atoms with van der Waals surface area (Å²) in [6.45, 7) is 3.97. The molecule has 45 heavy (non-hydrogen) atoms. The molecule has 2 aromatic carbocycles. The zero-order valence-corrected chi connectivity index (χ0v) is 25.3. The van der Waals surface area contributed by atoms with Crippen molar-refractivity contribution in [3.8, 4) is 11.9 Å². The number of carbonyl (C=O) groups is 1. The molecule has 5 aromatic rings. The quantitative estimate of drug-likeness (QED) is 0.227. The van der Waals surface area contributed by atoms with E-state index in [-0.39, 0.29) is 30.6 Å². The van der Waals surface area contributed by atoms with Crippen LogP contribution in [-0.2, 0) is 17.6 Å². The molecule has 1 atom stereocenters. The van der Waals surface area contributed by atoms with E-state index in [0.29, 0.717) is 16.4 Å². The molecule has 0 spiro atoms. The summed E-state index contributed by atoms with van der Waals surface area (Å²) in [6, 6.07) is 16.0. The van der Waals surface area contributed by atoms with E-state index in [1.807, 2.05) is 25.1 Å². The third kappa shape index (κ3) is 6.20. The lowest BCUT2D eigenvalue weighted by Gasteiger charge is -2.22. The molecule has 0 saturated heterocycles. The minimum Gasteiger partial charge on any atom is -0.345 e. The summed E-state index contributed by atoms with van der Waals surface area (Å²) in [7, 11) is 0. The summed E-state index contributed by atoms with van der Waals surface area (Å²) in [5, 5.41) is 16.4. The van der Waals surface area contributed by atoms with Gasteiger partial charge in [-0.15, -0.1) is 11.3 Å². The largest absolute Gasteiger partial charge is 0.345 e. The Morgan fingerprint density at radius 1 is 1.07 bits per heavy atom. The number of aryl methyl sites for hydroxylation is 2. The number of nitrogens with one attached hydrogen (secondary N) is 3. The van der Waals surface area contributed by atoms with Gasteiger partial charge in [-0.2, -0.15) is 10.2 Å². The van der Waals surface area contributed by atoms with Gasteiger partial charge in [0.2, 0.25) is 11.9 Å². The number of aromatic amines is 1. The molecular formula is C33H28N8O3S. The van der Waals surface area contributed by atoms with Gasteiger partial charge >= 0.3 is 5.69 Å². The number of aromatic nitrogens is 5. The number of fused-ring (bicyclic) bond motifs is 2. The molecule has 0 saturated carbocycles. The van der Waals surface area contributed by atoms with Crippen molar-refractivity contribution in [3.63, 3.8) is 0 Å². The van der Waals surface area contributed by atoms with E-state index in [1.165, 1.54) is 27.7 Å². The van der Waals surface area contributed by atoms with E-state index < -0.39 is 17.2 Å². The molecule has 1 unspecified atom stereocenters. The van der Waals surface area contributed by atoms with Gasteiger partial charge in [-0.05, 0) is 41.2 Å². The SMILES string of the molecule is CCc1ccc2c(c1)C=Cc1cc(C)ccc1C2c1cn(-c2ccnc(NCC(=O)Nc3nc(CC#N)cs3)n2)c(=O)[nH]c1=O. The fourth-order valence-corrected chi connectivity index (χ4v) is 6.04. The van der Waals surface area contributed by atoms with Gasteiger partial charge in [0, 0.05) is 35.3 Å². The molecule has 1 aliphatic carbocycles. The number of hydrogen-bond donors (Lipinski definition) is 3. The molecule has 12 heteroatoms. The zero-order valence-electron chi connectivity index (χ0n) is 24.5. The lowest BCUT2D eigenvalue weighted by molar-refractivity contribution is -0.114. The monoisotopic (exact) mass is 616 g/mol. The maximum atomic E-state index is 13.5. The number of H-pyrrole nitrogens is 1. The molecular weight excluding hydrogens is 588 g/mol. The van der Waals surface area contributed by atoms with Crippen LogP contribution in [0.5, 0.6) is 0 Å². The van der Waals surface area contributed by atoms with Gasteiger partial charge in [0.05, 0.1) is 24.7 Å². The summed E-state index contributed by atoms with van der Waals surface area (Å²) >= 11 is 1.23. The second kappa shape index (κ2) is 12.5. The average Bonchev–Trinajstić information content (AvgIpc) is 3.41. The van der Waals surface area contributed by atoms with E-state index in [2.05, 4.69) is 73.9 Å². The predicted octanol–water partition coefficient (Wildman–Crippen LogP) is 4.42. The highest BCUT2D eigenvalue weighted by Gasteiger charge is 2.27. The molecule has 11 nitrogen and oxygen atoms in total. The molecule has 0 bridgehead atoms. The molecule has 3 aromatic heterocycles. The lowest BCUT2D eigenvalue weighted by Crippen LogP contribution is -2.33. The second-order valence-electron chi connectivity index (χ2n) is 10.5. The van der Waals surface area contributed by atoms with Crippen LogP contribution in [-0.4, -0.2) is 37.0 Å². The van der Waals surface area contributed by atoms with E-state index >= 15 is 0 Å². The first-order chi connectivity index (χ1) is 21.8. The highest BCUT2D eigenvalue weighted by molar-refractivity contribution is 7.13. The Bertz CT molecular complexity index is 2120. The fraction of sp³-hybridized carbons (Fsp3) is 0.182. The molecule has 0 radical (unpaired) electrons. The second-order valence-corrected chi connectivity index (χ2v) is 11.4. The highest BCUT2D eigenvalue weighted by Crippen LogP contribution is 2.38. The molecule has 1 aliphatic rings. The van der Waals surface area contributed by atoms with Crippen molar-refractivity contribution in [1.29, 1.82) is 5.26 Å². The molecule has 224 valence electrons. The van der Waals surface area contributed by atoms with Gasteiger partial charge in [-0.25, -0.2) is 14.8 Å². The standard InChI is InChI=1S/C33H28N8O3S/c1-3-20-5-9-25-22(15-20)7-6-21-14-19(2)4-8-24(21)29(25)26-17-41(33(44)40-30(26)43)27-11-13-35-31(38-27)36-16-28(42)39-32-37-23(10-12-34)18-45-32/h4-9,11,13-15,17-18,29H,3,10,16H2,1-2H3,(H,35,36,38)(H,37,39,42)(H,40,43,44). The van der Waals surface area contributed by atoms with Crippen molar-refractivity contribution >= 4 is 40.5 Å². The van der Waals surface area contributed by atoms with Crippen LogP contribution in [0.2, 0.25) is 0 Å². The topological polar surface area (TPSA) is 158 Å². The van der Waals surface area contributed by atoms with Gasteiger partial charge in [-0.1, -0.05) is 61.0 Å². The van der Waals surface area contributed by atoms with Crippen molar-refractivity contribution in [1.82, 2.24) is 24.5 Å². The Labute approximate surface area is 262 Å². The lowest BCUT2D eigenvalue weighted by atomic mass is 9.82. The van der Waals surface area contributed by atoms with Crippen LogP contribution >= 0.6 is 11.3 Å². The molecule has 3 heterocycles. The van der Waals surface area contributed by atoms with Gasteiger partial charge in [-0.3, -0.25) is 19.1 Å². The molecule has 0 aliphatic heterocycles. The first kappa shape index (κ1) is 29.4. The Hall–Kier alpha value is -5.67. The van der Waals surface area contributed by atoms with Crippen molar-refractivity contribution < 1.29 is 4.79 Å². The van der Waals surface area contributed by atoms with E-state index in [1.54, 1.807) is 17.6 Å². The number of nitrogens with zero attached hydrogens (tertiary/aromatic N) is 5. The number of hydrogen-bond acceptors (Lipinski definition) is 9. The summed E-state index contributed by atoms with van der Waals surface area (Å²) < 4.78 is 1.28. The van der Waals surface area contributed by atoms with Gasteiger partial charge < -0.3 is 10.6 Å². The van der Waals surface area contributed by atoms with Gasteiger partial charge in [0.1, 0.15) is 5.82 Å². The summed E-state index contributed by atoms with van der Waals surface area (Å²) in [4.78, 5) is 54.4. The summed E-state index contributed by atoms with van der Waals surface area (Å²) in [5.74, 6) is -0.502. The van der Waals surface area contributed by atoms with Crippen molar-refractivity contribution in [2.24, 2.45) is 0 Å². The third-order valence-corrected chi connectivity index (χ3v) is 8.31. The average molecular weight is 617 g/mol. The number of nitriles is 1. The number of anilines is 2. The third-order valence-electron chi connectivity index (χ3n) is 7.50. The normalized spacial score (nSPS) is 13.3. The van der Waals surface area contributed by atoms with E-state index in [9.17, 15) is 14.4 Å². The first-order valence-corrected chi connectivity index (χ1v) is 15.2. The molecule has 0 fully saturated rings. The van der Waals surface area contributed by atoms with Crippen LogP contribution in [0.25, 0.3) is 18.0 Å². The van der Waals surface area contributed by atoms with Crippen LogP contribution < -0.4 is 21.9 Å². The van der Waals surface area contributed by atoms with Crippen LogP contribution in [0.3, 0.4) is 0 Å². The predicted molar refractivity (Wildman–Crippen MR) is 174 cm³/mol. The number of benzene rings is 2. The first-order valence-electron chi connectivity index (χ1n) is 14.3. The Kier molecular flexibility index (Phi) is 8.18. The summed E-state index contributed by atoms with van der Waals surface area (Å²) in [5.41, 5.74) is 6.04. The molecule has 6 rings (SSSR count). The fourth-order valence-electron chi connectivity index (χ4n) is 5.31. The van der Waals surface area contributed by atoms with Crippen molar-refractivity contribution in [3.05, 3.63) is 126 Å². The van der Waals surface area contributed by atoms with Gasteiger partial charge in [0.25, 0.3) is 5.56 Å². The van der Waals surface area contributed by atoms with Gasteiger partial charge in [0.15, 0.2) is 5.13 Å². The van der Waals surface area contributed by atoms with Crippen LogP contribution in [0.4, 0.5) is 11.1 Å². The van der Waals surface area contributed by atoms with Crippen LogP contribution in [0, 0.1) is 18.3 Å². The zero-order chi connectivity index (χ0) is 31.5. The molecule has 3 N–H and O–H groups in total. The number of thiazole rings is 1.